The largest absolute Gasteiger partial charge is 0.356 e. The number of aliphatic hydroxyl groups excluding tert-OH is 1. The summed E-state index contributed by atoms with van der Waals surface area (Å²) in [5.74, 6) is 2.58. The van der Waals surface area contributed by atoms with Crippen LogP contribution in [0.15, 0.2) is 30.3 Å². The van der Waals surface area contributed by atoms with Crippen molar-refractivity contribution in [2.75, 3.05) is 11.5 Å². The van der Waals surface area contributed by atoms with Crippen molar-refractivity contribution in [1.82, 2.24) is 5.32 Å². The number of rotatable bonds is 5. The van der Waals surface area contributed by atoms with Gasteiger partial charge in [0.1, 0.15) is 5.78 Å². The Balaban J connectivity index is 1.47. The molecule has 0 aromatic heterocycles. The molecule has 1 aliphatic carbocycles. The van der Waals surface area contributed by atoms with Crippen LogP contribution in [0.3, 0.4) is 0 Å². The second-order valence-corrected chi connectivity index (χ2v) is 6.89. The Morgan fingerprint density at radius 3 is 2.57 bits per heavy atom. The molecule has 114 valence electrons. The van der Waals surface area contributed by atoms with Crippen LogP contribution in [-0.2, 0) is 16.1 Å². The van der Waals surface area contributed by atoms with Gasteiger partial charge in [0.25, 0.3) is 0 Å². The molecular formula is C16H21NO3S. The van der Waals surface area contributed by atoms with E-state index in [9.17, 15) is 9.90 Å². The fourth-order valence-electron chi connectivity index (χ4n) is 3.14. The van der Waals surface area contributed by atoms with Gasteiger partial charge in [-0.2, -0.15) is 11.8 Å². The quantitative estimate of drug-likeness (QED) is 0.812. The van der Waals surface area contributed by atoms with Crippen molar-refractivity contribution in [3.05, 3.63) is 35.9 Å². The predicted octanol–water partition coefficient (Wildman–Crippen LogP) is 1.78. The first-order valence-electron chi connectivity index (χ1n) is 7.43. The standard InChI is InChI=1S/C16H21NO3S/c18-15-12-6-14(7-13(15)10-21-9-12)17-16(19)20-8-11-4-2-1-3-5-11/h1-5,12-14,16-17,19H,6-10H2/t12-,13+,14?,16?. The number of Topliss-reactive ketones (excluding diaryl/α,β-unsaturated/α-hetero) is 1. The van der Waals surface area contributed by atoms with E-state index in [1.807, 2.05) is 42.1 Å². The second-order valence-electron chi connectivity index (χ2n) is 5.82. The lowest BCUT2D eigenvalue weighted by Gasteiger charge is -2.38. The molecule has 2 unspecified atom stereocenters. The van der Waals surface area contributed by atoms with Gasteiger partial charge in [-0.15, -0.1) is 0 Å². The van der Waals surface area contributed by atoms with Crippen molar-refractivity contribution in [2.24, 2.45) is 11.8 Å². The van der Waals surface area contributed by atoms with Gasteiger partial charge in [-0.25, -0.2) is 0 Å². The van der Waals surface area contributed by atoms with Gasteiger partial charge >= 0.3 is 0 Å². The van der Waals surface area contributed by atoms with Crippen LogP contribution in [0.5, 0.6) is 0 Å². The van der Waals surface area contributed by atoms with Gasteiger partial charge < -0.3 is 9.84 Å². The Labute approximate surface area is 129 Å². The number of carbonyl (C=O) groups excluding carboxylic acids is 1. The Morgan fingerprint density at radius 2 is 1.90 bits per heavy atom. The fraction of sp³-hybridized carbons (Fsp3) is 0.562. The van der Waals surface area contributed by atoms with Gasteiger partial charge in [-0.3, -0.25) is 10.1 Å². The van der Waals surface area contributed by atoms with Crippen LogP contribution in [0.2, 0.25) is 0 Å². The van der Waals surface area contributed by atoms with Crippen molar-refractivity contribution in [1.29, 1.82) is 0 Å². The fourth-order valence-corrected chi connectivity index (χ4v) is 4.44. The first-order chi connectivity index (χ1) is 10.2. The van der Waals surface area contributed by atoms with Crippen molar-refractivity contribution in [3.63, 3.8) is 0 Å². The van der Waals surface area contributed by atoms with E-state index in [1.54, 1.807) is 0 Å². The summed E-state index contributed by atoms with van der Waals surface area (Å²) in [5, 5.41) is 13.1. The Bertz CT molecular complexity index is 466. The van der Waals surface area contributed by atoms with E-state index < -0.39 is 6.41 Å². The topological polar surface area (TPSA) is 58.6 Å². The Kier molecular flexibility index (Phi) is 4.95. The van der Waals surface area contributed by atoms with Crippen LogP contribution >= 0.6 is 11.8 Å². The molecule has 1 aromatic rings. The van der Waals surface area contributed by atoms with Crippen molar-refractivity contribution in [2.45, 2.75) is 31.9 Å². The van der Waals surface area contributed by atoms with Crippen LogP contribution in [0.25, 0.3) is 0 Å². The first-order valence-corrected chi connectivity index (χ1v) is 8.59. The zero-order valence-electron chi connectivity index (χ0n) is 11.9. The molecule has 2 bridgehead atoms. The van der Waals surface area contributed by atoms with Gasteiger partial charge in [0.15, 0.2) is 0 Å². The number of ketones is 1. The molecule has 3 rings (SSSR count). The lowest BCUT2D eigenvalue weighted by molar-refractivity contribution is -0.142. The summed E-state index contributed by atoms with van der Waals surface area (Å²) >= 11 is 1.88. The summed E-state index contributed by atoms with van der Waals surface area (Å²) < 4.78 is 5.43. The van der Waals surface area contributed by atoms with Gasteiger partial charge in [-0.05, 0) is 18.4 Å². The van der Waals surface area contributed by atoms with Gasteiger partial charge in [0, 0.05) is 29.4 Å². The molecule has 1 heterocycles. The van der Waals surface area contributed by atoms with Crippen molar-refractivity contribution in [3.8, 4) is 0 Å². The number of hydrogen-bond donors (Lipinski definition) is 2. The highest BCUT2D eigenvalue weighted by Crippen LogP contribution is 2.35. The van der Waals surface area contributed by atoms with Crippen molar-refractivity contribution < 1.29 is 14.6 Å². The molecule has 4 nitrogen and oxygen atoms in total. The zero-order chi connectivity index (χ0) is 14.7. The number of nitrogens with one attached hydrogen (secondary N) is 1. The second kappa shape index (κ2) is 6.92. The zero-order valence-corrected chi connectivity index (χ0v) is 12.7. The van der Waals surface area contributed by atoms with E-state index in [4.69, 9.17) is 4.74 Å². The maximum atomic E-state index is 12.0. The summed E-state index contributed by atoms with van der Waals surface area (Å²) in [4.78, 5) is 12.0. The Morgan fingerprint density at radius 1 is 1.24 bits per heavy atom. The van der Waals surface area contributed by atoms with Crippen molar-refractivity contribution >= 4 is 17.5 Å². The van der Waals surface area contributed by atoms with E-state index in [0.717, 1.165) is 29.9 Å². The van der Waals surface area contributed by atoms with E-state index >= 15 is 0 Å². The molecule has 2 aliphatic rings. The highest BCUT2D eigenvalue weighted by atomic mass is 32.2. The molecule has 2 fully saturated rings. The average Bonchev–Trinajstić information content (AvgIpc) is 2.47. The third-order valence-corrected chi connectivity index (χ3v) is 5.49. The molecule has 5 heteroatoms. The molecule has 1 saturated carbocycles. The van der Waals surface area contributed by atoms with E-state index in [1.165, 1.54) is 0 Å². The third-order valence-electron chi connectivity index (χ3n) is 4.21. The molecule has 4 atom stereocenters. The number of fused-ring (bicyclic) bond motifs is 2. The SMILES string of the molecule is O=C1[C@@H]2CSC[C@H]1CC(NC(O)OCc1ccccc1)C2. The minimum atomic E-state index is -0.975. The number of carbonyl (C=O) groups is 1. The maximum absolute atomic E-state index is 12.0. The number of ether oxygens (including phenoxy) is 1. The summed E-state index contributed by atoms with van der Waals surface area (Å²) in [6.07, 6.45) is 0.652. The molecule has 21 heavy (non-hydrogen) atoms. The molecule has 0 spiro atoms. The summed E-state index contributed by atoms with van der Waals surface area (Å²) in [6.45, 7) is 0.378. The summed E-state index contributed by atoms with van der Waals surface area (Å²) in [6, 6.07) is 9.95. The van der Waals surface area contributed by atoms with Crippen LogP contribution < -0.4 is 5.32 Å². The lowest BCUT2D eigenvalue weighted by atomic mass is 9.78. The molecule has 0 amide bonds. The first kappa shape index (κ1) is 15.0. The minimum absolute atomic E-state index is 0.154. The number of thioether (sulfide) groups is 1. The molecule has 1 aromatic carbocycles. The number of benzene rings is 1. The monoisotopic (exact) mass is 307 g/mol. The normalized spacial score (nSPS) is 30.1. The van der Waals surface area contributed by atoms with Gasteiger partial charge in [-0.1, -0.05) is 30.3 Å². The Hall–Kier alpha value is -0.880. The number of hydrogen-bond acceptors (Lipinski definition) is 5. The van der Waals surface area contributed by atoms with Crippen LogP contribution in [0, 0.1) is 11.8 Å². The smallest absolute Gasteiger partial charge is 0.214 e. The van der Waals surface area contributed by atoms with E-state index in [2.05, 4.69) is 5.32 Å². The molecule has 2 N–H and O–H groups in total. The lowest BCUT2D eigenvalue weighted by Crippen LogP contribution is -2.49. The average molecular weight is 307 g/mol. The van der Waals surface area contributed by atoms with E-state index in [0.29, 0.717) is 12.4 Å². The third kappa shape index (κ3) is 3.86. The van der Waals surface area contributed by atoms with Gasteiger partial charge in [0.05, 0.1) is 6.61 Å². The minimum Gasteiger partial charge on any atom is -0.356 e. The van der Waals surface area contributed by atoms with E-state index in [-0.39, 0.29) is 17.9 Å². The maximum Gasteiger partial charge on any atom is 0.214 e. The van der Waals surface area contributed by atoms with Crippen LogP contribution in [0.1, 0.15) is 18.4 Å². The molecule has 1 saturated heterocycles. The highest BCUT2D eigenvalue weighted by molar-refractivity contribution is 7.99. The van der Waals surface area contributed by atoms with Gasteiger partial charge in [0.2, 0.25) is 6.41 Å². The van der Waals surface area contributed by atoms with Crippen LogP contribution in [-0.4, -0.2) is 34.9 Å². The highest BCUT2D eigenvalue weighted by Gasteiger charge is 2.39. The molecular weight excluding hydrogens is 286 g/mol. The number of aliphatic hydroxyl groups is 1. The molecule has 0 radical (unpaired) electrons. The summed E-state index contributed by atoms with van der Waals surface area (Å²) in [5.41, 5.74) is 1.03. The van der Waals surface area contributed by atoms with Crippen LogP contribution in [0.4, 0.5) is 0 Å². The predicted molar refractivity (Wildman–Crippen MR) is 82.7 cm³/mol. The summed E-state index contributed by atoms with van der Waals surface area (Å²) in [7, 11) is 0. The molecule has 1 aliphatic heterocycles.